The minimum absolute atomic E-state index is 0.219. The second-order valence-corrected chi connectivity index (χ2v) is 5.11. The maximum atomic E-state index is 10.9. The van der Waals surface area contributed by atoms with E-state index >= 15 is 0 Å². The first-order valence-electron chi connectivity index (χ1n) is 6.70. The van der Waals surface area contributed by atoms with E-state index in [4.69, 9.17) is 0 Å². The van der Waals surface area contributed by atoms with Crippen molar-refractivity contribution in [1.29, 1.82) is 0 Å². The molecule has 0 aromatic heterocycles. The van der Waals surface area contributed by atoms with E-state index in [2.05, 4.69) is 18.7 Å². The van der Waals surface area contributed by atoms with Gasteiger partial charge in [0, 0.05) is 12.6 Å². The van der Waals surface area contributed by atoms with Gasteiger partial charge in [0.05, 0.1) is 0 Å². The Balaban J connectivity index is 2.12. The molecule has 0 spiro atoms. The van der Waals surface area contributed by atoms with Crippen LogP contribution in [0.5, 0.6) is 0 Å². The molecule has 2 heteroatoms. The Bertz CT molecular complexity index is 351. The highest BCUT2D eigenvalue weighted by Gasteiger charge is 2.43. The second-order valence-electron chi connectivity index (χ2n) is 5.11. The maximum absolute atomic E-state index is 10.9. The van der Waals surface area contributed by atoms with Gasteiger partial charge in [0.1, 0.15) is 5.60 Å². The number of unbranched alkanes of at least 4 members (excludes halogenated alkanes) is 1. The van der Waals surface area contributed by atoms with Gasteiger partial charge < -0.3 is 5.11 Å². The maximum Gasteiger partial charge on any atom is 0.106 e. The van der Waals surface area contributed by atoms with Crippen molar-refractivity contribution in [2.24, 2.45) is 0 Å². The summed E-state index contributed by atoms with van der Waals surface area (Å²) in [5.74, 6) is 0. The van der Waals surface area contributed by atoms with E-state index in [0.29, 0.717) is 0 Å². The molecule has 0 aliphatic carbocycles. The van der Waals surface area contributed by atoms with Gasteiger partial charge in [-0.25, -0.2) is 0 Å². The van der Waals surface area contributed by atoms with Crippen molar-refractivity contribution in [2.75, 3.05) is 13.1 Å². The molecule has 94 valence electrons. The lowest BCUT2D eigenvalue weighted by Gasteiger charge is -2.31. The van der Waals surface area contributed by atoms with E-state index in [-0.39, 0.29) is 6.04 Å². The molecular formula is C15H23NO. The van der Waals surface area contributed by atoms with Crippen molar-refractivity contribution < 1.29 is 5.11 Å². The third-order valence-electron chi connectivity index (χ3n) is 4.09. The average Bonchev–Trinajstić information content (AvgIpc) is 2.66. The summed E-state index contributed by atoms with van der Waals surface area (Å²) in [6.07, 6.45) is 3.28. The van der Waals surface area contributed by atoms with Crippen molar-refractivity contribution in [1.82, 2.24) is 4.90 Å². The first kappa shape index (κ1) is 12.6. The van der Waals surface area contributed by atoms with Crippen molar-refractivity contribution in [3.05, 3.63) is 35.9 Å². The summed E-state index contributed by atoms with van der Waals surface area (Å²) in [6.45, 7) is 6.47. The largest absolute Gasteiger partial charge is 0.383 e. The first-order chi connectivity index (χ1) is 8.18. The molecule has 1 heterocycles. The summed E-state index contributed by atoms with van der Waals surface area (Å²) in [5, 5.41) is 10.9. The minimum Gasteiger partial charge on any atom is -0.383 e. The molecule has 2 rings (SSSR count). The van der Waals surface area contributed by atoms with E-state index in [0.717, 1.165) is 25.1 Å². The highest BCUT2D eigenvalue weighted by molar-refractivity contribution is 5.25. The van der Waals surface area contributed by atoms with Gasteiger partial charge in [0.2, 0.25) is 0 Å². The van der Waals surface area contributed by atoms with Crippen LogP contribution in [0, 0.1) is 0 Å². The van der Waals surface area contributed by atoms with E-state index in [1.165, 1.54) is 12.8 Å². The Hall–Kier alpha value is -0.860. The number of nitrogens with zero attached hydrogens (tertiary/aromatic N) is 1. The van der Waals surface area contributed by atoms with Crippen molar-refractivity contribution in [2.45, 2.75) is 44.8 Å². The second kappa shape index (κ2) is 5.19. The lowest BCUT2D eigenvalue weighted by molar-refractivity contribution is 0.00607. The van der Waals surface area contributed by atoms with E-state index in [9.17, 15) is 5.11 Å². The Morgan fingerprint density at radius 1 is 1.35 bits per heavy atom. The summed E-state index contributed by atoms with van der Waals surface area (Å²) in [4.78, 5) is 2.41. The van der Waals surface area contributed by atoms with Gasteiger partial charge in [-0.2, -0.15) is 0 Å². The van der Waals surface area contributed by atoms with Crippen LogP contribution < -0.4 is 0 Å². The molecule has 1 aliphatic heterocycles. The van der Waals surface area contributed by atoms with Gasteiger partial charge in [-0.3, -0.25) is 4.90 Å². The van der Waals surface area contributed by atoms with Crippen LogP contribution >= 0.6 is 0 Å². The molecule has 0 bridgehead atoms. The number of aliphatic hydroxyl groups is 1. The number of likely N-dealkylation sites (tertiary alicyclic amines) is 1. The highest BCUT2D eigenvalue weighted by atomic mass is 16.3. The molecule has 1 saturated heterocycles. The Morgan fingerprint density at radius 3 is 2.71 bits per heavy atom. The minimum atomic E-state index is -0.658. The zero-order valence-corrected chi connectivity index (χ0v) is 10.9. The van der Waals surface area contributed by atoms with Gasteiger partial charge in [0.15, 0.2) is 0 Å². The van der Waals surface area contributed by atoms with Gasteiger partial charge in [-0.1, -0.05) is 43.7 Å². The van der Waals surface area contributed by atoms with E-state index in [1.54, 1.807) is 0 Å². The van der Waals surface area contributed by atoms with Crippen molar-refractivity contribution in [3.63, 3.8) is 0 Å². The summed E-state index contributed by atoms with van der Waals surface area (Å²) >= 11 is 0. The van der Waals surface area contributed by atoms with Gasteiger partial charge >= 0.3 is 0 Å². The first-order valence-corrected chi connectivity index (χ1v) is 6.70. The van der Waals surface area contributed by atoms with Crippen LogP contribution in [0.15, 0.2) is 30.3 Å². The number of hydrogen-bond acceptors (Lipinski definition) is 2. The quantitative estimate of drug-likeness (QED) is 0.864. The summed E-state index contributed by atoms with van der Waals surface area (Å²) < 4.78 is 0. The topological polar surface area (TPSA) is 23.5 Å². The molecule has 17 heavy (non-hydrogen) atoms. The predicted octanol–water partition coefficient (Wildman–Crippen LogP) is 2.77. The van der Waals surface area contributed by atoms with Crippen LogP contribution in [0.1, 0.15) is 38.7 Å². The van der Waals surface area contributed by atoms with Gasteiger partial charge in [-0.05, 0) is 31.9 Å². The zero-order chi connectivity index (χ0) is 12.3. The molecule has 1 N–H and O–H groups in total. The smallest absolute Gasteiger partial charge is 0.106 e. The standard InChI is InChI=1S/C15H23NO/c1-3-4-11-16-12-10-15(17,13(16)2)14-8-6-5-7-9-14/h5-9,13,17H,3-4,10-12H2,1-2H3/t13-,15+/m1/s1. The van der Waals surface area contributed by atoms with Crippen molar-refractivity contribution >= 4 is 0 Å². The fraction of sp³-hybridized carbons (Fsp3) is 0.600. The molecule has 0 unspecified atom stereocenters. The number of hydrogen-bond donors (Lipinski definition) is 1. The lowest BCUT2D eigenvalue weighted by atomic mass is 9.87. The molecule has 1 fully saturated rings. The van der Waals surface area contributed by atoms with Crippen LogP contribution in [-0.4, -0.2) is 29.1 Å². The van der Waals surface area contributed by atoms with Crippen molar-refractivity contribution in [3.8, 4) is 0 Å². The predicted molar refractivity (Wildman–Crippen MR) is 70.9 cm³/mol. The third kappa shape index (κ3) is 2.38. The fourth-order valence-electron chi connectivity index (χ4n) is 2.80. The Morgan fingerprint density at radius 2 is 2.06 bits per heavy atom. The molecule has 2 nitrogen and oxygen atoms in total. The summed E-state index contributed by atoms with van der Waals surface area (Å²) in [5.41, 5.74) is 0.404. The Labute approximate surface area is 104 Å². The third-order valence-corrected chi connectivity index (χ3v) is 4.09. The molecule has 0 amide bonds. The molecule has 0 radical (unpaired) electrons. The van der Waals surface area contributed by atoms with Crippen LogP contribution in [-0.2, 0) is 5.60 Å². The van der Waals surface area contributed by atoms with Gasteiger partial charge in [0.25, 0.3) is 0 Å². The normalized spacial score (nSPS) is 29.7. The highest BCUT2D eigenvalue weighted by Crippen LogP contribution is 2.37. The number of rotatable bonds is 4. The molecule has 1 aromatic carbocycles. The van der Waals surface area contributed by atoms with Crippen LogP contribution in [0.2, 0.25) is 0 Å². The average molecular weight is 233 g/mol. The zero-order valence-electron chi connectivity index (χ0n) is 10.9. The van der Waals surface area contributed by atoms with Crippen LogP contribution in [0.25, 0.3) is 0 Å². The van der Waals surface area contributed by atoms with E-state index in [1.807, 2.05) is 30.3 Å². The summed E-state index contributed by atoms with van der Waals surface area (Å²) in [6, 6.07) is 10.3. The van der Waals surface area contributed by atoms with Crippen LogP contribution in [0.3, 0.4) is 0 Å². The van der Waals surface area contributed by atoms with Crippen LogP contribution in [0.4, 0.5) is 0 Å². The summed E-state index contributed by atoms with van der Waals surface area (Å²) in [7, 11) is 0. The monoisotopic (exact) mass is 233 g/mol. The molecular weight excluding hydrogens is 210 g/mol. The Kier molecular flexibility index (Phi) is 3.85. The van der Waals surface area contributed by atoms with E-state index < -0.39 is 5.60 Å². The lowest BCUT2D eigenvalue weighted by Crippen LogP contribution is -2.40. The number of benzene rings is 1. The fourth-order valence-corrected chi connectivity index (χ4v) is 2.80. The molecule has 1 aliphatic rings. The van der Waals surface area contributed by atoms with Gasteiger partial charge in [-0.15, -0.1) is 0 Å². The molecule has 1 aromatic rings. The molecule has 0 saturated carbocycles. The molecule has 2 atom stereocenters. The SMILES string of the molecule is CCCCN1CC[C@@](O)(c2ccccc2)[C@H]1C.